The Kier molecular flexibility index (Phi) is 3.61. The molecule has 0 saturated carbocycles. The molecule has 0 atom stereocenters. The van der Waals surface area contributed by atoms with Crippen molar-refractivity contribution in [3.8, 4) is 5.75 Å². The van der Waals surface area contributed by atoms with Crippen LogP contribution in [0.25, 0.3) is 11.1 Å². The van der Waals surface area contributed by atoms with E-state index in [9.17, 15) is 14.0 Å². The first-order valence-electron chi connectivity index (χ1n) is 6.41. The molecule has 0 aliphatic carbocycles. The number of amides is 1. The zero-order chi connectivity index (χ0) is 15.5. The number of anilines is 1. The van der Waals surface area contributed by atoms with E-state index in [0.29, 0.717) is 16.8 Å². The maximum absolute atomic E-state index is 13.0. The molecular weight excluding hydrogens is 291 g/mol. The van der Waals surface area contributed by atoms with Gasteiger partial charge in [-0.1, -0.05) is 6.07 Å². The Morgan fingerprint density at radius 1 is 1.27 bits per heavy atom. The van der Waals surface area contributed by atoms with Gasteiger partial charge in [0.2, 0.25) is 0 Å². The van der Waals surface area contributed by atoms with Crippen LogP contribution >= 0.6 is 0 Å². The monoisotopic (exact) mass is 302 g/mol. The SMILES string of the molecule is O=C(COc1cccc(F)c1)Nc1ccc2[nH]c(=O)oc2c1. The van der Waals surface area contributed by atoms with Crippen LogP contribution in [0.1, 0.15) is 0 Å². The first-order valence-corrected chi connectivity index (χ1v) is 6.41. The lowest BCUT2D eigenvalue weighted by Crippen LogP contribution is -2.20. The number of ether oxygens (including phenoxy) is 1. The number of nitrogens with one attached hydrogen (secondary N) is 2. The van der Waals surface area contributed by atoms with Crippen molar-refractivity contribution in [1.29, 1.82) is 0 Å². The molecule has 1 aromatic heterocycles. The van der Waals surface area contributed by atoms with E-state index in [-0.39, 0.29) is 12.4 Å². The predicted octanol–water partition coefficient (Wildman–Crippen LogP) is 2.28. The third kappa shape index (κ3) is 3.14. The van der Waals surface area contributed by atoms with Crippen LogP contribution in [0.4, 0.5) is 10.1 Å². The number of halogens is 1. The largest absolute Gasteiger partial charge is 0.484 e. The van der Waals surface area contributed by atoms with E-state index in [4.69, 9.17) is 9.15 Å². The number of carbonyl (C=O) groups excluding carboxylic acids is 1. The molecule has 3 aromatic rings. The van der Waals surface area contributed by atoms with Crippen molar-refractivity contribution in [1.82, 2.24) is 4.98 Å². The normalized spacial score (nSPS) is 10.6. The second kappa shape index (κ2) is 5.72. The highest BCUT2D eigenvalue weighted by atomic mass is 19.1. The van der Waals surface area contributed by atoms with Gasteiger partial charge in [0.05, 0.1) is 5.52 Å². The van der Waals surface area contributed by atoms with Gasteiger partial charge in [-0.15, -0.1) is 0 Å². The summed E-state index contributed by atoms with van der Waals surface area (Å²) in [6.07, 6.45) is 0. The van der Waals surface area contributed by atoms with E-state index in [1.54, 1.807) is 18.2 Å². The van der Waals surface area contributed by atoms with E-state index < -0.39 is 17.5 Å². The Hall–Kier alpha value is -3.09. The number of carbonyl (C=O) groups is 1. The summed E-state index contributed by atoms with van der Waals surface area (Å²) in [5, 5.41) is 2.59. The third-order valence-electron chi connectivity index (χ3n) is 2.87. The number of hydrogen-bond acceptors (Lipinski definition) is 4. The van der Waals surface area contributed by atoms with Gasteiger partial charge in [0, 0.05) is 17.8 Å². The van der Waals surface area contributed by atoms with E-state index in [0.717, 1.165) is 0 Å². The molecule has 0 aliphatic rings. The van der Waals surface area contributed by atoms with Crippen molar-refractivity contribution in [2.75, 3.05) is 11.9 Å². The Labute approximate surface area is 123 Å². The maximum atomic E-state index is 13.0. The third-order valence-corrected chi connectivity index (χ3v) is 2.87. The molecule has 1 heterocycles. The minimum absolute atomic E-state index is 0.265. The lowest BCUT2D eigenvalue weighted by molar-refractivity contribution is -0.118. The smallest absolute Gasteiger partial charge is 0.417 e. The van der Waals surface area contributed by atoms with Crippen LogP contribution in [0.2, 0.25) is 0 Å². The number of oxazole rings is 1. The number of aromatic amines is 1. The molecule has 0 radical (unpaired) electrons. The average Bonchev–Trinajstić information content (AvgIpc) is 2.84. The molecular formula is C15H11FN2O4. The number of hydrogen-bond donors (Lipinski definition) is 2. The lowest BCUT2D eigenvalue weighted by atomic mass is 10.3. The summed E-state index contributed by atoms with van der Waals surface area (Å²) in [7, 11) is 0. The van der Waals surface area contributed by atoms with Crippen molar-refractivity contribution in [3.05, 3.63) is 58.8 Å². The number of H-pyrrole nitrogens is 1. The van der Waals surface area contributed by atoms with Gasteiger partial charge in [-0.25, -0.2) is 9.18 Å². The van der Waals surface area contributed by atoms with Gasteiger partial charge in [0.25, 0.3) is 5.91 Å². The Balaban J connectivity index is 1.64. The first-order chi connectivity index (χ1) is 10.6. The highest BCUT2D eigenvalue weighted by molar-refractivity contribution is 5.93. The minimum Gasteiger partial charge on any atom is -0.484 e. The van der Waals surface area contributed by atoms with Gasteiger partial charge in [-0.05, 0) is 24.3 Å². The number of rotatable bonds is 4. The first kappa shape index (κ1) is 13.9. The lowest BCUT2D eigenvalue weighted by Gasteiger charge is -2.07. The van der Waals surface area contributed by atoms with E-state index in [2.05, 4.69) is 10.3 Å². The van der Waals surface area contributed by atoms with Gasteiger partial charge in [-0.2, -0.15) is 0 Å². The van der Waals surface area contributed by atoms with Crippen LogP contribution in [0.5, 0.6) is 5.75 Å². The van der Waals surface area contributed by atoms with Gasteiger partial charge in [0.15, 0.2) is 12.2 Å². The predicted molar refractivity (Wildman–Crippen MR) is 77.4 cm³/mol. The summed E-state index contributed by atoms with van der Waals surface area (Å²) in [5.74, 6) is -1.15. The van der Waals surface area contributed by atoms with Gasteiger partial charge < -0.3 is 14.5 Å². The Bertz CT molecular complexity index is 884. The van der Waals surface area contributed by atoms with E-state index in [1.807, 2.05) is 0 Å². The molecule has 0 aliphatic heterocycles. The fourth-order valence-corrected chi connectivity index (χ4v) is 1.93. The van der Waals surface area contributed by atoms with Crippen LogP contribution < -0.4 is 15.8 Å². The minimum atomic E-state index is -0.562. The number of fused-ring (bicyclic) bond motifs is 1. The molecule has 0 spiro atoms. The molecule has 0 fully saturated rings. The summed E-state index contributed by atoms with van der Waals surface area (Å²) in [6.45, 7) is -0.265. The van der Waals surface area contributed by atoms with Gasteiger partial charge in [0.1, 0.15) is 11.6 Å². The standard InChI is InChI=1S/C15H11FN2O4/c16-9-2-1-3-11(6-9)21-8-14(19)17-10-4-5-12-13(7-10)22-15(20)18-12/h1-7H,8H2,(H,17,19)(H,18,20). The Morgan fingerprint density at radius 3 is 2.95 bits per heavy atom. The summed E-state index contributed by atoms with van der Waals surface area (Å²) in [4.78, 5) is 25.3. The summed E-state index contributed by atoms with van der Waals surface area (Å²) in [5.41, 5.74) is 1.34. The molecule has 2 aromatic carbocycles. The Morgan fingerprint density at radius 2 is 2.14 bits per heavy atom. The molecule has 7 heteroatoms. The summed E-state index contributed by atoms with van der Waals surface area (Å²) >= 11 is 0. The molecule has 112 valence electrons. The molecule has 0 bridgehead atoms. The van der Waals surface area contributed by atoms with Gasteiger partial charge in [-0.3, -0.25) is 9.78 Å². The summed E-state index contributed by atoms with van der Waals surface area (Å²) < 4.78 is 23.0. The highest BCUT2D eigenvalue weighted by Crippen LogP contribution is 2.16. The molecule has 1 amide bonds. The summed E-state index contributed by atoms with van der Waals surface area (Å²) in [6, 6.07) is 10.3. The van der Waals surface area contributed by atoms with Crippen molar-refractivity contribution < 1.29 is 18.3 Å². The van der Waals surface area contributed by atoms with E-state index >= 15 is 0 Å². The zero-order valence-corrected chi connectivity index (χ0v) is 11.3. The van der Waals surface area contributed by atoms with Crippen LogP contribution in [0, 0.1) is 5.82 Å². The fraction of sp³-hybridized carbons (Fsp3) is 0.0667. The molecule has 3 rings (SSSR count). The molecule has 22 heavy (non-hydrogen) atoms. The average molecular weight is 302 g/mol. The van der Waals surface area contributed by atoms with Crippen LogP contribution in [-0.4, -0.2) is 17.5 Å². The van der Waals surface area contributed by atoms with Crippen LogP contribution in [-0.2, 0) is 4.79 Å². The van der Waals surface area contributed by atoms with Crippen molar-refractivity contribution >= 4 is 22.7 Å². The molecule has 2 N–H and O–H groups in total. The molecule has 0 unspecified atom stereocenters. The van der Waals surface area contributed by atoms with Crippen molar-refractivity contribution in [3.63, 3.8) is 0 Å². The number of aromatic nitrogens is 1. The van der Waals surface area contributed by atoms with Gasteiger partial charge >= 0.3 is 5.76 Å². The van der Waals surface area contributed by atoms with Crippen LogP contribution in [0.15, 0.2) is 51.7 Å². The topological polar surface area (TPSA) is 84.3 Å². The number of benzene rings is 2. The highest BCUT2D eigenvalue weighted by Gasteiger charge is 2.07. The van der Waals surface area contributed by atoms with E-state index in [1.165, 1.54) is 24.3 Å². The second-order valence-corrected chi connectivity index (χ2v) is 4.52. The van der Waals surface area contributed by atoms with Crippen molar-refractivity contribution in [2.45, 2.75) is 0 Å². The quantitative estimate of drug-likeness (QED) is 0.774. The fourth-order valence-electron chi connectivity index (χ4n) is 1.93. The van der Waals surface area contributed by atoms with Crippen LogP contribution in [0.3, 0.4) is 0 Å². The van der Waals surface area contributed by atoms with Crippen molar-refractivity contribution in [2.24, 2.45) is 0 Å². The zero-order valence-electron chi connectivity index (χ0n) is 11.3. The maximum Gasteiger partial charge on any atom is 0.417 e. The molecule has 6 nitrogen and oxygen atoms in total. The molecule has 0 saturated heterocycles. The second-order valence-electron chi connectivity index (χ2n) is 4.52.